The maximum atomic E-state index is 13.0. The number of nitrogens with zero attached hydrogens (tertiary/aromatic N) is 2. The number of aryl methyl sites for hydroxylation is 1. The molecule has 3 aromatic rings. The molecule has 0 fully saturated rings. The largest absolute Gasteiger partial charge is 0.306 e. The molecule has 156 valence electrons. The highest BCUT2D eigenvalue weighted by Crippen LogP contribution is 2.33. The van der Waals surface area contributed by atoms with Crippen molar-refractivity contribution in [3.63, 3.8) is 0 Å². The number of hydrogen-bond acceptors (Lipinski definition) is 4. The number of carbonyl (C=O) groups excluding carboxylic acids is 1. The second kappa shape index (κ2) is 7.09. The van der Waals surface area contributed by atoms with Crippen LogP contribution in [0.2, 0.25) is 0 Å². The maximum Gasteiger partial charge on any atom is 0.256 e. The van der Waals surface area contributed by atoms with Crippen LogP contribution in [0.4, 0.5) is 5.82 Å². The molecule has 30 heavy (non-hydrogen) atoms. The first-order valence-corrected chi connectivity index (χ1v) is 11.7. The molecular weight excluding hydrogens is 398 g/mol. The summed E-state index contributed by atoms with van der Waals surface area (Å²) in [6, 6.07) is 15.2. The van der Waals surface area contributed by atoms with E-state index >= 15 is 0 Å². The van der Waals surface area contributed by atoms with Gasteiger partial charge in [0, 0.05) is 11.1 Å². The quantitative estimate of drug-likeness (QED) is 0.686. The molecule has 0 bridgehead atoms. The van der Waals surface area contributed by atoms with E-state index in [1.165, 1.54) is 0 Å². The van der Waals surface area contributed by atoms with Crippen LogP contribution in [-0.2, 0) is 26.8 Å². The molecule has 0 spiro atoms. The number of benzene rings is 2. The van der Waals surface area contributed by atoms with Crippen molar-refractivity contribution in [2.75, 3.05) is 5.32 Å². The average Bonchev–Trinajstić information content (AvgIpc) is 3.14. The lowest BCUT2D eigenvalue weighted by Gasteiger charge is -2.19. The number of aromatic nitrogens is 2. The van der Waals surface area contributed by atoms with Gasteiger partial charge in [0.25, 0.3) is 5.91 Å². The molecule has 2 heterocycles. The summed E-state index contributed by atoms with van der Waals surface area (Å²) in [5, 5.41) is 7.42. The van der Waals surface area contributed by atoms with Crippen LogP contribution < -0.4 is 5.32 Å². The van der Waals surface area contributed by atoms with Gasteiger partial charge in [-0.25, -0.2) is 13.1 Å². The molecule has 4 rings (SSSR count). The highest BCUT2D eigenvalue weighted by molar-refractivity contribution is 7.90. The van der Waals surface area contributed by atoms with Crippen LogP contribution in [-0.4, -0.2) is 24.1 Å². The normalized spacial score (nSPS) is 15.1. The molecule has 7 heteroatoms. The molecule has 1 amide bonds. The van der Waals surface area contributed by atoms with E-state index in [2.05, 4.69) is 31.2 Å². The minimum atomic E-state index is -3.24. The van der Waals surface area contributed by atoms with E-state index < -0.39 is 9.84 Å². The van der Waals surface area contributed by atoms with Gasteiger partial charge in [-0.15, -0.1) is 0 Å². The van der Waals surface area contributed by atoms with Crippen molar-refractivity contribution in [2.24, 2.45) is 0 Å². The number of rotatable bonds is 3. The van der Waals surface area contributed by atoms with Gasteiger partial charge in [0.15, 0.2) is 9.84 Å². The Morgan fingerprint density at radius 1 is 1.00 bits per heavy atom. The van der Waals surface area contributed by atoms with Gasteiger partial charge in [-0.05, 0) is 42.2 Å². The first kappa shape index (κ1) is 20.3. The zero-order valence-electron chi connectivity index (χ0n) is 17.6. The number of amides is 1. The zero-order valence-corrected chi connectivity index (χ0v) is 18.4. The Balaban J connectivity index is 1.71. The summed E-state index contributed by atoms with van der Waals surface area (Å²) in [5.74, 6) is -0.104. The molecular formula is C23H25N3O3S. The summed E-state index contributed by atoms with van der Waals surface area (Å²) >= 11 is 0. The number of fused-ring (bicyclic) bond motifs is 1. The van der Waals surface area contributed by atoms with Crippen molar-refractivity contribution in [3.8, 4) is 5.69 Å². The van der Waals surface area contributed by atoms with Crippen LogP contribution in [0.25, 0.3) is 5.69 Å². The minimum absolute atomic E-state index is 0.00571. The molecule has 0 radical (unpaired) electrons. The summed E-state index contributed by atoms with van der Waals surface area (Å²) < 4.78 is 25.9. The topological polar surface area (TPSA) is 81.1 Å². The smallest absolute Gasteiger partial charge is 0.256 e. The van der Waals surface area contributed by atoms with Crippen LogP contribution in [0.3, 0.4) is 0 Å². The number of nitrogens with one attached hydrogen (secondary N) is 1. The van der Waals surface area contributed by atoms with Crippen molar-refractivity contribution in [3.05, 3.63) is 76.5 Å². The Kier molecular flexibility index (Phi) is 4.81. The lowest BCUT2D eigenvalue weighted by Crippen LogP contribution is -2.17. The van der Waals surface area contributed by atoms with Gasteiger partial charge in [-0.1, -0.05) is 50.6 Å². The number of hydrogen-bond donors (Lipinski definition) is 1. The third-order valence-electron chi connectivity index (χ3n) is 5.31. The number of sulfone groups is 1. The fraction of sp³-hybridized carbons (Fsp3) is 0.304. The van der Waals surface area contributed by atoms with Crippen molar-refractivity contribution >= 4 is 21.6 Å². The molecule has 0 saturated heterocycles. The first-order chi connectivity index (χ1) is 14.0. The Hall–Kier alpha value is -2.93. The Labute approximate surface area is 176 Å². The summed E-state index contributed by atoms with van der Waals surface area (Å²) in [5.41, 5.74) is 4.57. The average molecular weight is 424 g/mol. The van der Waals surface area contributed by atoms with Crippen LogP contribution in [0.1, 0.15) is 53.5 Å². The van der Waals surface area contributed by atoms with Gasteiger partial charge in [-0.2, -0.15) is 5.10 Å². The molecule has 0 atom stereocenters. The summed E-state index contributed by atoms with van der Waals surface area (Å²) in [6.07, 6.45) is 0. The highest BCUT2D eigenvalue weighted by Gasteiger charge is 2.33. The number of carbonyl (C=O) groups is 1. The Bertz CT molecular complexity index is 1220. The fourth-order valence-electron chi connectivity index (χ4n) is 3.54. The van der Waals surface area contributed by atoms with E-state index in [4.69, 9.17) is 0 Å². The molecule has 6 nitrogen and oxygen atoms in total. The van der Waals surface area contributed by atoms with Crippen molar-refractivity contribution in [1.82, 2.24) is 9.78 Å². The third-order valence-corrected chi connectivity index (χ3v) is 6.75. The minimum Gasteiger partial charge on any atom is -0.306 e. The molecule has 2 aromatic carbocycles. The zero-order chi connectivity index (χ0) is 21.7. The monoisotopic (exact) mass is 423 g/mol. The SMILES string of the molecule is Cc1ccc(-n2nc3c(c2NC(=O)c2ccc(C(C)(C)C)cc2)CS(=O)(=O)C3)cc1. The molecule has 1 aromatic heterocycles. The van der Waals surface area contributed by atoms with E-state index in [1.54, 1.807) is 16.8 Å². The molecule has 1 N–H and O–H groups in total. The van der Waals surface area contributed by atoms with Crippen molar-refractivity contribution in [2.45, 2.75) is 44.6 Å². The van der Waals surface area contributed by atoms with Crippen LogP contribution in [0, 0.1) is 6.92 Å². The van der Waals surface area contributed by atoms with E-state index in [1.807, 2.05) is 43.3 Å². The van der Waals surface area contributed by atoms with Crippen LogP contribution in [0.15, 0.2) is 48.5 Å². The lowest BCUT2D eigenvalue weighted by molar-refractivity contribution is 0.102. The second-order valence-corrected chi connectivity index (χ2v) is 10.9. The summed E-state index contributed by atoms with van der Waals surface area (Å²) in [4.78, 5) is 13.0. The van der Waals surface area contributed by atoms with E-state index in [0.29, 0.717) is 22.6 Å². The van der Waals surface area contributed by atoms with E-state index in [9.17, 15) is 13.2 Å². The van der Waals surface area contributed by atoms with Gasteiger partial charge in [-0.3, -0.25) is 4.79 Å². The number of anilines is 1. The summed E-state index contributed by atoms with van der Waals surface area (Å²) in [7, 11) is -3.24. The molecule has 0 unspecified atom stereocenters. The van der Waals surface area contributed by atoms with Gasteiger partial charge >= 0.3 is 0 Å². The molecule has 0 aliphatic carbocycles. The lowest BCUT2D eigenvalue weighted by atomic mass is 9.87. The van der Waals surface area contributed by atoms with Crippen molar-refractivity contribution < 1.29 is 13.2 Å². The fourth-order valence-corrected chi connectivity index (χ4v) is 5.04. The van der Waals surface area contributed by atoms with Crippen molar-refractivity contribution in [1.29, 1.82) is 0 Å². The predicted molar refractivity (Wildman–Crippen MR) is 118 cm³/mol. The molecule has 1 aliphatic heterocycles. The van der Waals surface area contributed by atoms with Crippen LogP contribution >= 0.6 is 0 Å². The standard InChI is InChI=1S/C23H25N3O3S/c1-15-5-11-18(12-6-15)26-21(19-13-30(28,29)14-20(19)25-26)24-22(27)16-7-9-17(10-8-16)23(2,3)4/h5-12H,13-14H2,1-4H3,(H,24,27). The maximum absolute atomic E-state index is 13.0. The first-order valence-electron chi connectivity index (χ1n) is 9.84. The Morgan fingerprint density at radius 2 is 1.63 bits per heavy atom. The molecule has 0 saturated carbocycles. The van der Waals surface area contributed by atoms with E-state index in [0.717, 1.165) is 16.8 Å². The van der Waals surface area contributed by atoms with Crippen LogP contribution in [0.5, 0.6) is 0 Å². The second-order valence-electron chi connectivity index (χ2n) is 8.83. The summed E-state index contributed by atoms with van der Waals surface area (Å²) in [6.45, 7) is 8.34. The van der Waals surface area contributed by atoms with Gasteiger partial charge in [0.2, 0.25) is 0 Å². The highest BCUT2D eigenvalue weighted by atomic mass is 32.2. The van der Waals surface area contributed by atoms with Gasteiger partial charge < -0.3 is 5.32 Å². The van der Waals surface area contributed by atoms with Gasteiger partial charge in [0.05, 0.1) is 22.9 Å². The van der Waals surface area contributed by atoms with Gasteiger partial charge in [0.1, 0.15) is 5.82 Å². The third kappa shape index (κ3) is 3.89. The predicted octanol–water partition coefficient (Wildman–Crippen LogP) is 4.16. The Morgan fingerprint density at radius 3 is 2.23 bits per heavy atom. The van der Waals surface area contributed by atoms with E-state index in [-0.39, 0.29) is 22.8 Å². The molecule has 1 aliphatic rings.